The van der Waals surface area contributed by atoms with Crippen LogP contribution in [0, 0.1) is 0 Å². The Kier molecular flexibility index (Phi) is 6.26. The van der Waals surface area contributed by atoms with Crippen molar-refractivity contribution in [3.63, 3.8) is 0 Å². The first-order chi connectivity index (χ1) is 13.5. The van der Waals surface area contributed by atoms with Crippen LogP contribution in [-0.4, -0.2) is 35.5 Å². The second kappa shape index (κ2) is 9.03. The lowest BCUT2D eigenvalue weighted by Gasteiger charge is -2.09. The van der Waals surface area contributed by atoms with Crippen molar-refractivity contribution in [1.29, 1.82) is 0 Å². The molecule has 0 radical (unpaired) electrons. The SMILES string of the molecule is O=C(O)CCCOc1ccc(NC(=O)c2ccc(C(=O)NC3CC3)cc2)cc1. The number of aliphatic carboxylic acids is 1. The lowest BCUT2D eigenvalue weighted by Crippen LogP contribution is -2.25. The normalized spacial score (nSPS) is 12.9. The molecule has 2 aromatic carbocycles. The lowest BCUT2D eigenvalue weighted by molar-refractivity contribution is -0.137. The predicted octanol–water partition coefficient (Wildman–Crippen LogP) is 3.07. The van der Waals surface area contributed by atoms with E-state index in [0.717, 1.165) is 12.8 Å². The highest BCUT2D eigenvalue weighted by Gasteiger charge is 2.23. The van der Waals surface area contributed by atoms with Crippen LogP contribution in [0.4, 0.5) is 5.69 Å². The predicted molar refractivity (Wildman–Crippen MR) is 104 cm³/mol. The summed E-state index contributed by atoms with van der Waals surface area (Å²) in [6, 6.07) is 13.7. The van der Waals surface area contributed by atoms with Gasteiger partial charge in [0.25, 0.3) is 11.8 Å². The number of carbonyl (C=O) groups excluding carboxylic acids is 2. The summed E-state index contributed by atoms with van der Waals surface area (Å²) < 4.78 is 5.45. The van der Waals surface area contributed by atoms with Gasteiger partial charge in [-0.25, -0.2) is 0 Å². The Labute approximate surface area is 162 Å². The van der Waals surface area contributed by atoms with Gasteiger partial charge in [0.05, 0.1) is 6.61 Å². The average Bonchev–Trinajstić information content (AvgIpc) is 3.50. The van der Waals surface area contributed by atoms with Gasteiger partial charge in [-0.1, -0.05) is 0 Å². The number of nitrogens with one attached hydrogen (secondary N) is 2. The maximum Gasteiger partial charge on any atom is 0.303 e. The largest absolute Gasteiger partial charge is 0.494 e. The summed E-state index contributed by atoms with van der Waals surface area (Å²) in [6.07, 6.45) is 2.55. The van der Waals surface area contributed by atoms with E-state index >= 15 is 0 Å². The van der Waals surface area contributed by atoms with Gasteiger partial charge in [0.1, 0.15) is 5.75 Å². The molecule has 3 N–H and O–H groups in total. The Hall–Kier alpha value is -3.35. The number of rotatable bonds is 9. The van der Waals surface area contributed by atoms with Crippen molar-refractivity contribution in [2.45, 2.75) is 31.7 Å². The van der Waals surface area contributed by atoms with E-state index < -0.39 is 5.97 Å². The van der Waals surface area contributed by atoms with E-state index in [1.165, 1.54) is 0 Å². The number of ether oxygens (including phenoxy) is 1. The summed E-state index contributed by atoms with van der Waals surface area (Å²) in [5.74, 6) is -0.634. The van der Waals surface area contributed by atoms with E-state index in [2.05, 4.69) is 10.6 Å². The molecule has 28 heavy (non-hydrogen) atoms. The highest BCUT2D eigenvalue weighted by Crippen LogP contribution is 2.20. The number of carboxylic acids is 1. The molecule has 146 valence electrons. The van der Waals surface area contributed by atoms with Gasteiger partial charge in [0, 0.05) is 29.3 Å². The van der Waals surface area contributed by atoms with E-state index in [0.29, 0.717) is 41.6 Å². The summed E-state index contributed by atoms with van der Waals surface area (Å²) in [5.41, 5.74) is 1.60. The van der Waals surface area contributed by atoms with Gasteiger partial charge in [0.2, 0.25) is 0 Å². The Morgan fingerprint density at radius 3 is 2.11 bits per heavy atom. The Morgan fingerprint density at radius 2 is 1.54 bits per heavy atom. The van der Waals surface area contributed by atoms with Gasteiger partial charge in [-0.05, 0) is 67.8 Å². The molecule has 7 nitrogen and oxygen atoms in total. The minimum atomic E-state index is -0.849. The molecule has 1 aliphatic carbocycles. The van der Waals surface area contributed by atoms with Crippen molar-refractivity contribution in [2.75, 3.05) is 11.9 Å². The van der Waals surface area contributed by atoms with Crippen molar-refractivity contribution in [1.82, 2.24) is 5.32 Å². The molecule has 0 atom stereocenters. The Morgan fingerprint density at radius 1 is 0.929 bits per heavy atom. The summed E-state index contributed by atoms with van der Waals surface area (Å²) in [4.78, 5) is 34.8. The average molecular weight is 382 g/mol. The van der Waals surface area contributed by atoms with E-state index in [9.17, 15) is 14.4 Å². The molecule has 0 aromatic heterocycles. The van der Waals surface area contributed by atoms with Crippen LogP contribution in [-0.2, 0) is 4.79 Å². The number of carbonyl (C=O) groups is 3. The van der Waals surface area contributed by atoms with Crippen molar-refractivity contribution in [2.24, 2.45) is 0 Å². The molecule has 0 heterocycles. The maximum absolute atomic E-state index is 12.3. The lowest BCUT2D eigenvalue weighted by atomic mass is 10.1. The molecule has 1 fully saturated rings. The van der Waals surface area contributed by atoms with Crippen LogP contribution in [0.15, 0.2) is 48.5 Å². The van der Waals surface area contributed by atoms with Gasteiger partial charge < -0.3 is 20.5 Å². The fraction of sp³-hybridized carbons (Fsp3) is 0.286. The number of hydrogen-bond donors (Lipinski definition) is 3. The highest BCUT2D eigenvalue weighted by atomic mass is 16.5. The minimum Gasteiger partial charge on any atom is -0.494 e. The third-order valence-corrected chi connectivity index (χ3v) is 4.24. The van der Waals surface area contributed by atoms with Crippen molar-refractivity contribution < 1.29 is 24.2 Å². The number of anilines is 1. The molecular formula is C21H22N2O5. The zero-order valence-electron chi connectivity index (χ0n) is 15.3. The molecule has 0 bridgehead atoms. The van der Waals surface area contributed by atoms with Crippen LogP contribution in [0.2, 0.25) is 0 Å². The first-order valence-corrected chi connectivity index (χ1v) is 9.18. The van der Waals surface area contributed by atoms with Crippen molar-refractivity contribution in [3.05, 3.63) is 59.7 Å². The second-order valence-electron chi connectivity index (χ2n) is 6.65. The number of hydrogen-bond acceptors (Lipinski definition) is 4. The Bertz CT molecular complexity index is 842. The summed E-state index contributed by atoms with van der Waals surface area (Å²) in [5, 5.41) is 14.3. The fourth-order valence-corrected chi connectivity index (χ4v) is 2.52. The molecular weight excluding hydrogens is 360 g/mol. The molecule has 2 aromatic rings. The van der Waals surface area contributed by atoms with Gasteiger partial charge in [-0.3, -0.25) is 14.4 Å². The molecule has 1 aliphatic rings. The Balaban J connectivity index is 1.49. The van der Waals surface area contributed by atoms with Gasteiger partial charge in [-0.15, -0.1) is 0 Å². The van der Waals surface area contributed by atoms with Gasteiger partial charge >= 0.3 is 5.97 Å². The molecule has 2 amide bonds. The first-order valence-electron chi connectivity index (χ1n) is 9.18. The highest BCUT2D eigenvalue weighted by molar-refractivity contribution is 6.05. The van der Waals surface area contributed by atoms with Crippen LogP contribution in [0.5, 0.6) is 5.75 Å². The first kappa shape index (κ1) is 19.4. The van der Waals surface area contributed by atoms with Gasteiger partial charge in [0.15, 0.2) is 0 Å². The van der Waals surface area contributed by atoms with E-state index in [-0.39, 0.29) is 18.2 Å². The standard InChI is InChI=1S/C21H22N2O5/c24-19(25)2-1-13-28-18-11-9-17(10-12-18)23-21(27)15-5-3-14(4-6-15)20(26)22-16-7-8-16/h3-6,9-12,16H,1-2,7-8,13H2,(H,22,26)(H,23,27)(H,24,25). The molecule has 0 spiro atoms. The van der Waals surface area contributed by atoms with Crippen LogP contribution in [0.3, 0.4) is 0 Å². The van der Waals surface area contributed by atoms with Gasteiger partial charge in [-0.2, -0.15) is 0 Å². The monoisotopic (exact) mass is 382 g/mol. The molecule has 1 saturated carbocycles. The van der Waals surface area contributed by atoms with Crippen molar-refractivity contribution >= 4 is 23.5 Å². The number of amides is 2. The third kappa shape index (κ3) is 5.84. The third-order valence-electron chi connectivity index (χ3n) is 4.24. The summed E-state index contributed by atoms with van der Waals surface area (Å²) >= 11 is 0. The molecule has 0 aliphatic heterocycles. The molecule has 0 unspecified atom stereocenters. The quantitative estimate of drug-likeness (QED) is 0.578. The number of benzene rings is 2. The maximum atomic E-state index is 12.3. The second-order valence-corrected chi connectivity index (χ2v) is 6.65. The van der Waals surface area contributed by atoms with Crippen LogP contribution >= 0.6 is 0 Å². The molecule has 3 rings (SSSR count). The van der Waals surface area contributed by atoms with Crippen LogP contribution in [0.25, 0.3) is 0 Å². The molecule has 7 heteroatoms. The topological polar surface area (TPSA) is 105 Å². The fourth-order valence-electron chi connectivity index (χ4n) is 2.52. The van der Waals surface area contributed by atoms with E-state index in [1.807, 2.05) is 0 Å². The number of carboxylic acid groups (broad SMARTS) is 1. The van der Waals surface area contributed by atoms with Crippen molar-refractivity contribution in [3.8, 4) is 5.75 Å². The minimum absolute atomic E-state index is 0.0647. The zero-order valence-corrected chi connectivity index (χ0v) is 15.3. The van der Waals surface area contributed by atoms with E-state index in [1.54, 1.807) is 48.5 Å². The zero-order chi connectivity index (χ0) is 19.9. The smallest absolute Gasteiger partial charge is 0.303 e. The van der Waals surface area contributed by atoms with Crippen LogP contribution < -0.4 is 15.4 Å². The van der Waals surface area contributed by atoms with Crippen LogP contribution in [0.1, 0.15) is 46.4 Å². The van der Waals surface area contributed by atoms with E-state index in [4.69, 9.17) is 9.84 Å². The molecule has 0 saturated heterocycles. The summed E-state index contributed by atoms with van der Waals surface area (Å²) in [6.45, 7) is 0.318. The summed E-state index contributed by atoms with van der Waals surface area (Å²) in [7, 11) is 0.